The van der Waals surface area contributed by atoms with Crippen molar-refractivity contribution in [3.63, 3.8) is 0 Å². The summed E-state index contributed by atoms with van der Waals surface area (Å²) in [5, 5.41) is 5.08. The van der Waals surface area contributed by atoms with E-state index in [1.165, 1.54) is 11.1 Å². The molecule has 0 aliphatic heterocycles. The van der Waals surface area contributed by atoms with Gasteiger partial charge < -0.3 is 10.6 Å². The van der Waals surface area contributed by atoms with Gasteiger partial charge in [-0.3, -0.25) is 4.79 Å². The van der Waals surface area contributed by atoms with E-state index in [0.29, 0.717) is 5.92 Å². The summed E-state index contributed by atoms with van der Waals surface area (Å²) in [5.74, 6) is 0.531. The van der Waals surface area contributed by atoms with Crippen LogP contribution in [0.15, 0.2) is 54.6 Å². The van der Waals surface area contributed by atoms with E-state index in [2.05, 4.69) is 55.7 Å². The van der Waals surface area contributed by atoms with Gasteiger partial charge in [-0.05, 0) is 37.5 Å². The van der Waals surface area contributed by atoms with Crippen LogP contribution in [0.2, 0.25) is 0 Å². The summed E-state index contributed by atoms with van der Waals surface area (Å²) in [6, 6.07) is 18.4. The monoisotopic (exact) mass is 311 g/mol. The van der Waals surface area contributed by atoms with Gasteiger partial charge in [0.1, 0.15) is 6.04 Å². The SMILES string of the molecule is CC(C)c1ccc(NC(=O)[C@@H](C)[NH2+][C@@H](C)c2ccccc2)cc1. The largest absolute Gasteiger partial charge is 0.330 e. The first kappa shape index (κ1) is 17.2. The van der Waals surface area contributed by atoms with E-state index < -0.39 is 0 Å². The molecule has 0 fully saturated rings. The van der Waals surface area contributed by atoms with Crippen molar-refractivity contribution in [1.29, 1.82) is 0 Å². The predicted molar refractivity (Wildman–Crippen MR) is 95.4 cm³/mol. The molecule has 1 amide bonds. The highest BCUT2D eigenvalue weighted by atomic mass is 16.2. The summed E-state index contributed by atoms with van der Waals surface area (Å²) in [6.07, 6.45) is 0. The molecule has 122 valence electrons. The molecule has 2 atom stereocenters. The number of quaternary nitrogens is 1. The van der Waals surface area contributed by atoms with Crippen LogP contribution in [0.1, 0.15) is 50.8 Å². The average Bonchev–Trinajstić information content (AvgIpc) is 2.56. The first-order valence-electron chi connectivity index (χ1n) is 8.28. The quantitative estimate of drug-likeness (QED) is 0.843. The molecule has 2 aromatic carbocycles. The van der Waals surface area contributed by atoms with E-state index in [0.717, 1.165) is 5.69 Å². The molecule has 3 nitrogen and oxygen atoms in total. The van der Waals surface area contributed by atoms with Crippen LogP contribution in [0.3, 0.4) is 0 Å². The second kappa shape index (κ2) is 7.93. The number of benzene rings is 2. The first-order valence-corrected chi connectivity index (χ1v) is 8.28. The fourth-order valence-corrected chi connectivity index (χ4v) is 2.60. The Morgan fingerprint density at radius 3 is 2.04 bits per heavy atom. The lowest BCUT2D eigenvalue weighted by atomic mass is 10.0. The molecular weight excluding hydrogens is 284 g/mol. The van der Waals surface area contributed by atoms with Crippen molar-refractivity contribution in [2.24, 2.45) is 0 Å². The summed E-state index contributed by atoms with van der Waals surface area (Å²) in [7, 11) is 0. The third-order valence-electron chi connectivity index (χ3n) is 4.16. The Labute approximate surface area is 139 Å². The maximum Gasteiger partial charge on any atom is 0.282 e. The smallest absolute Gasteiger partial charge is 0.282 e. The van der Waals surface area contributed by atoms with E-state index in [1.54, 1.807) is 0 Å². The molecule has 0 spiro atoms. The number of carbonyl (C=O) groups excluding carboxylic acids is 1. The van der Waals surface area contributed by atoms with E-state index in [1.807, 2.05) is 37.3 Å². The molecule has 0 saturated heterocycles. The van der Waals surface area contributed by atoms with Crippen molar-refractivity contribution >= 4 is 11.6 Å². The van der Waals surface area contributed by atoms with Gasteiger partial charge in [-0.1, -0.05) is 56.3 Å². The summed E-state index contributed by atoms with van der Waals surface area (Å²) in [4.78, 5) is 12.4. The second-order valence-electron chi connectivity index (χ2n) is 6.45. The van der Waals surface area contributed by atoms with Gasteiger partial charge in [0, 0.05) is 11.3 Å². The lowest BCUT2D eigenvalue weighted by Gasteiger charge is -2.17. The fourth-order valence-electron chi connectivity index (χ4n) is 2.60. The summed E-state index contributed by atoms with van der Waals surface area (Å²) in [6.45, 7) is 8.39. The van der Waals surface area contributed by atoms with E-state index in [-0.39, 0.29) is 18.0 Å². The van der Waals surface area contributed by atoms with Gasteiger partial charge in [-0.2, -0.15) is 0 Å². The third-order valence-corrected chi connectivity index (χ3v) is 4.16. The Kier molecular flexibility index (Phi) is 5.94. The van der Waals surface area contributed by atoms with Gasteiger partial charge in [-0.15, -0.1) is 0 Å². The Hall–Kier alpha value is -2.13. The zero-order valence-corrected chi connectivity index (χ0v) is 14.4. The average molecular weight is 311 g/mol. The number of amides is 1. The first-order chi connectivity index (χ1) is 11.0. The number of rotatable bonds is 6. The van der Waals surface area contributed by atoms with Crippen LogP contribution in [0.5, 0.6) is 0 Å². The van der Waals surface area contributed by atoms with E-state index in [9.17, 15) is 4.79 Å². The van der Waals surface area contributed by atoms with Gasteiger partial charge in [0.2, 0.25) is 0 Å². The number of hydrogen-bond acceptors (Lipinski definition) is 1. The van der Waals surface area contributed by atoms with Crippen molar-refractivity contribution in [1.82, 2.24) is 0 Å². The molecule has 3 heteroatoms. The number of nitrogens with one attached hydrogen (secondary N) is 1. The van der Waals surface area contributed by atoms with Crippen molar-refractivity contribution in [2.75, 3.05) is 5.32 Å². The molecule has 3 N–H and O–H groups in total. The van der Waals surface area contributed by atoms with Crippen LogP contribution >= 0.6 is 0 Å². The van der Waals surface area contributed by atoms with Gasteiger partial charge in [0.15, 0.2) is 6.04 Å². The fraction of sp³-hybridized carbons (Fsp3) is 0.350. The Morgan fingerprint density at radius 1 is 0.870 bits per heavy atom. The van der Waals surface area contributed by atoms with E-state index >= 15 is 0 Å². The highest BCUT2D eigenvalue weighted by Gasteiger charge is 2.20. The van der Waals surface area contributed by atoms with Crippen molar-refractivity contribution in [3.8, 4) is 0 Å². The molecule has 0 saturated carbocycles. The van der Waals surface area contributed by atoms with Crippen LogP contribution in [-0.4, -0.2) is 11.9 Å². The Balaban J connectivity index is 1.92. The highest BCUT2D eigenvalue weighted by molar-refractivity contribution is 5.93. The molecule has 0 heterocycles. The summed E-state index contributed by atoms with van der Waals surface area (Å²) < 4.78 is 0. The Bertz CT molecular complexity index is 620. The minimum Gasteiger partial charge on any atom is -0.330 e. The molecule has 23 heavy (non-hydrogen) atoms. The van der Waals surface area contributed by atoms with Crippen molar-refractivity contribution in [2.45, 2.75) is 45.7 Å². The number of anilines is 1. The lowest BCUT2D eigenvalue weighted by Crippen LogP contribution is -2.91. The molecule has 0 aliphatic rings. The van der Waals surface area contributed by atoms with Gasteiger partial charge in [-0.25, -0.2) is 0 Å². The predicted octanol–water partition coefficient (Wildman–Crippen LogP) is 3.46. The molecule has 2 rings (SSSR count). The lowest BCUT2D eigenvalue weighted by molar-refractivity contribution is -0.709. The normalized spacial score (nSPS) is 13.6. The van der Waals surface area contributed by atoms with Crippen LogP contribution in [-0.2, 0) is 4.79 Å². The zero-order chi connectivity index (χ0) is 16.8. The highest BCUT2D eigenvalue weighted by Crippen LogP contribution is 2.17. The molecule has 0 bridgehead atoms. The van der Waals surface area contributed by atoms with Gasteiger partial charge >= 0.3 is 0 Å². The standard InChI is InChI=1S/C20H26N2O/c1-14(2)17-10-12-19(13-11-17)22-20(23)16(4)21-15(3)18-8-6-5-7-9-18/h5-16,21H,1-4H3,(H,22,23)/p+1/t15-,16+/m0/s1. The van der Waals surface area contributed by atoms with Crippen molar-refractivity contribution in [3.05, 3.63) is 65.7 Å². The maximum atomic E-state index is 12.4. The summed E-state index contributed by atoms with van der Waals surface area (Å²) >= 11 is 0. The molecule has 0 unspecified atom stereocenters. The van der Waals surface area contributed by atoms with Gasteiger partial charge in [0.05, 0.1) is 0 Å². The molecule has 2 aromatic rings. The minimum atomic E-state index is -0.144. The Morgan fingerprint density at radius 2 is 1.48 bits per heavy atom. The van der Waals surface area contributed by atoms with Gasteiger partial charge in [0.25, 0.3) is 5.91 Å². The molecule has 0 aromatic heterocycles. The van der Waals surface area contributed by atoms with Crippen LogP contribution in [0, 0.1) is 0 Å². The topological polar surface area (TPSA) is 45.7 Å². The molecule has 0 radical (unpaired) electrons. The number of carbonyl (C=O) groups is 1. The zero-order valence-electron chi connectivity index (χ0n) is 14.4. The summed E-state index contributed by atoms with van der Waals surface area (Å²) in [5.41, 5.74) is 3.36. The second-order valence-corrected chi connectivity index (χ2v) is 6.45. The third kappa shape index (κ3) is 4.93. The van der Waals surface area contributed by atoms with Crippen molar-refractivity contribution < 1.29 is 10.1 Å². The van der Waals surface area contributed by atoms with Crippen LogP contribution in [0.4, 0.5) is 5.69 Å². The number of nitrogens with two attached hydrogens (primary N) is 1. The van der Waals surface area contributed by atoms with E-state index in [4.69, 9.17) is 0 Å². The van der Waals surface area contributed by atoms with Crippen LogP contribution < -0.4 is 10.6 Å². The number of hydrogen-bond donors (Lipinski definition) is 2. The molecule has 0 aliphatic carbocycles. The van der Waals surface area contributed by atoms with Crippen LogP contribution in [0.25, 0.3) is 0 Å². The maximum absolute atomic E-state index is 12.4. The molecular formula is C20H27N2O+. The minimum absolute atomic E-state index is 0.0325.